The molecule has 2 N–H and O–H groups in total. The van der Waals surface area contributed by atoms with Crippen molar-refractivity contribution in [2.45, 2.75) is 45.3 Å². The number of rotatable bonds is 3. The van der Waals surface area contributed by atoms with E-state index >= 15 is 0 Å². The van der Waals surface area contributed by atoms with Crippen LogP contribution in [0.5, 0.6) is 11.5 Å². The van der Waals surface area contributed by atoms with Gasteiger partial charge in [0.1, 0.15) is 0 Å². The molecule has 3 atom stereocenters. The number of fused-ring (bicyclic) bond motifs is 3. The number of hydrogen-bond acceptors (Lipinski definition) is 4. The zero-order valence-electron chi connectivity index (χ0n) is 14.1. The lowest BCUT2D eigenvalue weighted by Gasteiger charge is -2.46. The zero-order chi connectivity index (χ0) is 16.7. The number of ether oxygens (including phenoxy) is 1. The molecule has 1 saturated heterocycles. The van der Waals surface area contributed by atoms with Crippen molar-refractivity contribution in [3.63, 3.8) is 0 Å². The molecule has 0 spiro atoms. The smallest absolute Gasteiger partial charge is 0.177 e. The van der Waals surface area contributed by atoms with E-state index in [1.54, 1.807) is 0 Å². The van der Waals surface area contributed by atoms with Gasteiger partial charge in [0.15, 0.2) is 11.5 Å². The molecule has 5 heteroatoms. The Morgan fingerprint density at radius 2 is 2.17 bits per heavy atom. The van der Waals surface area contributed by atoms with E-state index in [0.29, 0.717) is 29.0 Å². The van der Waals surface area contributed by atoms with Crippen molar-refractivity contribution in [2.75, 3.05) is 20.2 Å². The van der Waals surface area contributed by atoms with Crippen LogP contribution in [0.4, 0.5) is 0 Å². The van der Waals surface area contributed by atoms with Crippen LogP contribution in [0.3, 0.4) is 0 Å². The SMILES string of the molecule is COc1cc2c(c(Cl)c1O)CCN1C[C@@H](CC(C)C)[C@H](O)C[C@H]21. The molecular formula is C18H26ClNO3. The van der Waals surface area contributed by atoms with E-state index in [-0.39, 0.29) is 17.9 Å². The summed E-state index contributed by atoms with van der Waals surface area (Å²) < 4.78 is 5.26. The van der Waals surface area contributed by atoms with Gasteiger partial charge in [0, 0.05) is 19.1 Å². The molecule has 3 rings (SSSR count). The molecule has 2 aliphatic heterocycles. The largest absolute Gasteiger partial charge is 0.503 e. The van der Waals surface area contributed by atoms with Crippen LogP contribution >= 0.6 is 11.6 Å². The highest BCUT2D eigenvalue weighted by Gasteiger charge is 2.39. The Balaban J connectivity index is 1.92. The third-order valence-corrected chi connectivity index (χ3v) is 5.67. The first-order valence-electron chi connectivity index (χ1n) is 8.42. The maximum Gasteiger partial charge on any atom is 0.177 e. The molecule has 23 heavy (non-hydrogen) atoms. The molecule has 1 aromatic carbocycles. The fraction of sp³-hybridized carbons (Fsp3) is 0.667. The second-order valence-corrected chi connectivity index (χ2v) is 7.64. The summed E-state index contributed by atoms with van der Waals surface area (Å²) >= 11 is 6.35. The minimum absolute atomic E-state index is 0.0235. The van der Waals surface area contributed by atoms with E-state index in [9.17, 15) is 10.2 Å². The minimum Gasteiger partial charge on any atom is -0.503 e. The van der Waals surface area contributed by atoms with Gasteiger partial charge in [-0.2, -0.15) is 0 Å². The summed E-state index contributed by atoms with van der Waals surface area (Å²) in [4.78, 5) is 2.45. The number of halogens is 1. The van der Waals surface area contributed by atoms with Gasteiger partial charge in [0.2, 0.25) is 0 Å². The van der Waals surface area contributed by atoms with Crippen LogP contribution in [0.1, 0.15) is 43.9 Å². The lowest BCUT2D eigenvalue weighted by molar-refractivity contribution is -0.0191. The lowest BCUT2D eigenvalue weighted by Crippen LogP contribution is -2.48. The van der Waals surface area contributed by atoms with Crippen molar-refractivity contribution < 1.29 is 14.9 Å². The van der Waals surface area contributed by atoms with Gasteiger partial charge in [-0.25, -0.2) is 0 Å². The first-order valence-corrected chi connectivity index (χ1v) is 8.80. The molecule has 0 amide bonds. The van der Waals surface area contributed by atoms with Crippen LogP contribution in [0.25, 0.3) is 0 Å². The van der Waals surface area contributed by atoms with Gasteiger partial charge < -0.3 is 14.9 Å². The van der Waals surface area contributed by atoms with Crippen LogP contribution in [-0.4, -0.2) is 41.4 Å². The number of aliphatic hydroxyl groups is 1. The summed E-state index contributed by atoms with van der Waals surface area (Å²) in [6, 6.07) is 2.05. The number of nitrogens with zero attached hydrogens (tertiary/aromatic N) is 1. The predicted molar refractivity (Wildman–Crippen MR) is 91.3 cm³/mol. The average Bonchev–Trinajstić information content (AvgIpc) is 2.51. The number of phenols is 1. The Morgan fingerprint density at radius 3 is 2.83 bits per heavy atom. The molecule has 1 aromatic rings. The molecule has 2 aliphatic rings. The minimum atomic E-state index is -0.289. The number of piperidine rings is 1. The molecule has 0 radical (unpaired) electrons. The van der Waals surface area contributed by atoms with Gasteiger partial charge in [-0.1, -0.05) is 25.4 Å². The summed E-state index contributed by atoms with van der Waals surface area (Å²) in [6.07, 6.45) is 2.31. The van der Waals surface area contributed by atoms with Gasteiger partial charge in [-0.3, -0.25) is 4.90 Å². The third-order valence-electron chi connectivity index (χ3n) is 5.26. The molecular weight excluding hydrogens is 314 g/mol. The van der Waals surface area contributed by atoms with Gasteiger partial charge >= 0.3 is 0 Å². The Morgan fingerprint density at radius 1 is 1.43 bits per heavy atom. The van der Waals surface area contributed by atoms with E-state index in [4.69, 9.17) is 16.3 Å². The zero-order valence-corrected chi connectivity index (χ0v) is 14.8. The number of aliphatic hydroxyl groups excluding tert-OH is 1. The number of aromatic hydroxyl groups is 1. The highest BCUT2D eigenvalue weighted by atomic mass is 35.5. The summed E-state index contributed by atoms with van der Waals surface area (Å²) in [5, 5.41) is 21.1. The Kier molecular flexibility index (Phi) is 4.77. The van der Waals surface area contributed by atoms with Crippen molar-refractivity contribution in [3.05, 3.63) is 22.2 Å². The van der Waals surface area contributed by atoms with Crippen molar-refractivity contribution in [1.82, 2.24) is 4.90 Å². The molecule has 1 fully saturated rings. The predicted octanol–water partition coefficient (Wildman–Crippen LogP) is 3.38. The molecule has 0 aromatic heterocycles. The van der Waals surface area contributed by atoms with E-state index in [0.717, 1.165) is 37.1 Å². The Hall–Kier alpha value is -0.970. The van der Waals surface area contributed by atoms with Gasteiger partial charge in [0.25, 0.3) is 0 Å². The molecule has 128 valence electrons. The summed E-state index contributed by atoms with van der Waals surface area (Å²) in [5.41, 5.74) is 2.10. The van der Waals surface area contributed by atoms with Crippen LogP contribution < -0.4 is 4.74 Å². The van der Waals surface area contributed by atoms with Crippen LogP contribution in [0.2, 0.25) is 5.02 Å². The number of hydrogen-bond donors (Lipinski definition) is 2. The van der Waals surface area contributed by atoms with Gasteiger partial charge in [-0.05, 0) is 48.3 Å². The normalized spacial score (nSPS) is 27.7. The van der Waals surface area contributed by atoms with E-state index in [1.807, 2.05) is 6.07 Å². The second-order valence-electron chi connectivity index (χ2n) is 7.26. The summed E-state index contributed by atoms with van der Waals surface area (Å²) in [5.74, 6) is 1.36. The molecule has 0 saturated carbocycles. The first-order chi connectivity index (χ1) is 10.9. The van der Waals surface area contributed by atoms with Gasteiger partial charge in [-0.15, -0.1) is 0 Å². The number of methoxy groups -OCH3 is 1. The van der Waals surface area contributed by atoms with E-state index in [2.05, 4.69) is 18.7 Å². The molecule has 0 bridgehead atoms. The highest BCUT2D eigenvalue weighted by molar-refractivity contribution is 6.33. The monoisotopic (exact) mass is 339 g/mol. The van der Waals surface area contributed by atoms with Crippen LogP contribution in [-0.2, 0) is 6.42 Å². The second kappa shape index (κ2) is 6.50. The van der Waals surface area contributed by atoms with Crippen LogP contribution in [0.15, 0.2) is 6.07 Å². The number of phenolic OH excluding ortho intramolecular Hbond substituents is 1. The van der Waals surface area contributed by atoms with Gasteiger partial charge in [0.05, 0.1) is 18.2 Å². The number of benzene rings is 1. The maximum absolute atomic E-state index is 10.6. The van der Waals surface area contributed by atoms with Crippen molar-refractivity contribution >= 4 is 11.6 Å². The standard InChI is InChI=1S/C18H26ClNO3/c1-10(2)6-11-9-20-5-4-12-13(14(20)8-15(11)21)7-16(23-3)18(22)17(12)19/h7,10-11,14-15,21-22H,4-6,8-9H2,1-3H3/t11-,14-,15-/m1/s1. The topological polar surface area (TPSA) is 52.9 Å². The van der Waals surface area contributed by atoms with Crippen molar-refractivity contribution in [2.24, 2.45) is 11.8 Å². The Bertz CT molecular complexity index is 590. The average molecular weight is 340 g/mol. The van der Waals surface area contributed by atoms with E-state index in [1.165, 1.54) is 7.11 Å². The fourth-order valence-electron chi connectivity index (χ4n) is 4.17. The Labute approximate surface area is 143 Å². The van der Waals surface area contributed by atoms with Crippen LogP contribution in [0, 0.1) is 11.8 Å². The first kappa shape index (κ1) is 16.9. The molecule has 2 heterocycles. The maximum atomic E-state index is 10.6. The summed E-state index contributed by atoms with van der Waals surface area (Å²) in [7, 11) is 1.53. The van der Waals surface area contributed by atoms with E-state index < -0.39 is 0 Å². The highest BCUT2D eigenvalue weighted by Crippen LogP contribution is 2.47. The molecule has 0 aliphatic carbocycles. The third kappa shape index (κ3) is 3.04. The quantitative estimate of drug-likeness (QED) is 0.886. The molecule has 4 nitrogen and oxygen atoms in total. The van der Waals surface area contributed by atoms with Crippen molar-refractivity contribution in [3.8, 4) is 11.5 Å². The fourth-order valence-corrected chi connectivity index (χ4v) is 4.46. The van der Waals surface area contributed by atoms with Crippen molar-refractivity contribution in [1.29, 1.82) is 0 Å². The lowest BCUT2D eigenvalue weighted by atomic mass is 9.79. The molecule has 0 unspecified atom stereocenters. The summed E-state index contributed by atoms with van der Waals surface area (Å²) in [6.45, 7) is 6.25.